The minimum absolute atomic E-state index is 0.0665. The van der Waals surface area contributed by atoms with Gasteiger partial charge < -0.3 is 5.73 Å². The number of nitrogens with zero attached hydrogens (tertiary/aromatic N) is 6. The highest BCUT2D eigenvalue weighted by Crippen LogP contribution is 2.15. The maximum atomic E-state index is 11.5. The first-order chi connectivity index (χ1) is 9.45. The Morgan fingerprint density at radius 3 is 2.70 bits per heavy atom. The number of anilines is 1. The van der Waals surface area contributed by atoms with E-state index >= 15 is 0 Å². The van der Waals surface area contributed by atoms with Gasteiger partial charge in [0.1, 0.15) is 0 Å². The maximum absolute atomic E-state index is 11.5. The number of pyridine rings is 1. The first-order valence-corrected chi connectivity index (χ1v) is 7.35. The van der Waals surface area contributed by atoms with Crippen LogP contribution in [0.2, 0.25) is 0 Å². The zero-order valence-electron chi connectivity index (χ0n) is 10.3. The molecule has 10 heteroatoms. The first kappa shape index (κ1) is 12.4. The summed E-state index contributed by atoms with van der Waals surface area (Å²) in [6, 6.07) is 3.50. The number of hydrogen-bond acceptors (Lipinski definition) is 8. The van der Waals surface area contributed by atoms with E-state index in [9.17, 15) is 8.42 Å². The Bertz CT molecular complexity index is 889. The lowest BCUT2D eigenvalue weighted by Crippen LogP contribution is -2.11. The Labute approximate surface area is 113 Å². The van der Waals surface area contributed by atoms with Crippen molar-refractivity contribution >= 4 is 21.6 Å². The normalized spacial score (nSPS) is 11.8. The second-order valence-electron chi connectivity index (χ2n) is 4.03. The van der Waals surface area contributed by atoms with Gasteiger partial charge in [0.05, 0.1) is 0 Å². The summed E-state index contributed by atoms with van der Waals surface area (Å²) in [5, 5.41) is 3.74. The summed E-state index contributed by atoms with van der Waals surface area (Å²) >= 11 is 0. The lowest BCUT2D eigenvalue weighted by molar-refractivity contribution is 0.592. The van der Waals surface area contributed by atoms with E-state index in [1.165, 1.54) is 4.52 Å². The average Bonchev–Trinajstić information content (AvgIpc) is 2.83. The van der Waals surface area contributed by atoms with E-state index in [1.54, 1.807) is 24.5 Å². The van der Waals surface area contributed by atoms with Crippen molar-refractivity contribution in [3.8, 4) is 11.4 Å². The molecule has 0 atom stereocenters. The summed E-state index contributed by atoms with van der Waals surface area (Å²) in [7, 11) is -3.57. The quantitative estimate of drug-likeness (QED) is 0.673. The number of aromatic nitrogens is 6. The molecule has 3 rings (SSSR count). The lowest BCUT2D eigenvalue weighted by atomic mass is 10.3. The standard InChI is InChI=1S/C10H9N7O2S/c1-20(18,19)10-14-8(11)17-9(15-10)13-7(16-17)6-3-2-4-12-5-6/h2-5H,1H3,(H2,11,13,14,15,16). The third-order valence-corrected chi connectivity index (χ3v) is 3.31. The third kappa shape index (κ3) is 2.05. The van der Waals surface area contributed by atoms with E-state index in [1.807, 2.05) is 0 Å². The van der Waals surface area contributed by atoms with Gasteiger partial charge in [0, 0.05) is 24.2 Å². The van der Waals surface area contributed by atoms with Gasteiger partial charge in [-0.3, -0.25) is 4.98 Å². The minimum Gasteiger partial charge on any atom is -0.368 e. The second-order valence-corrected chi connectivity index (χ2v) is 5.93. The number of rotatable bonds is 2. The van der Waals surface area contributed by atoms with Crippen LogP contribution in [-0.4, -0.2) is 44.2 Å². The van der Waals surface area contributed by atoms with E-state index < -0.39 is 9.84 Å². The minimum atomic E-state index is -3.57. The SMILES string of the molecule is CS(=O)(=O)c1nc(N)n2nc(-c3cccnc3)nc2n1. The van der Waals surface area contributed by atoms with Crippen LogP contribution in [-0.2, 0) is 9.84 Å². The number of sulfone groups is 1. The molecule has 2 N–H and O–H groups in total. The van der Waals surface area contributed by atoms with Crippen molar-refractivity contribution in [2.45, 2.75) is 5.16 Å². The molecule has 0 bridgehead atoms. The Balaban J connectivity index is 2.24. The smallest absolute Gasteiger partial charge is 0.258 e. The van der Waals surface area contributed by atoms with Crippen molar-refractivity contribution in [3.05, 3.63) is 24.5 Å². The van der Waals surface area contributed by atoms with Crippen molar-refractivity contribution in [1.82, 2.24) is 29.5 Å². The van der Waals surface area contributed by atoms with Crippen LogP contribution < -0.4 is 5.73 Å². The molecule has 3 aromatic heterocycles. The highest BCUT2D eigenvalue weighted by molar-refractivity contribution is 7.90. The number of nitrogen functional groups attached to an aromatic ring is 1. The van der Waals surface area contributed by atoms with Crippen LogP contribution in [0.4, 0.5) is 5.95 Å². The van der Waals surface area contributed by atoms with Crippen molar-refractivity contribution in [2.75, 3.05) is 12.0 Å². The Morgan fingerprint density at radius 2 is 2.05 bits per heavy atom. The number of nitrogens with two attached hydrogens (primary N) is 1. The third-order valence-electron chi connectivity index (χ3n) is 2.46. The zero-order valence-corrected chi connectivity index (χ0v) is 11.1. The average molecular weight is 291 g/mol. The van der Waals surface area contributed by atoms with Crippen molar-refractivity contribution in [1.29, 1.82) is 0 Å². The predicted octanol–water partition coefficient (Wildman–Crippen LogP) is -0.433. The van der Waals surface area contributed by atoms with Crippen molar-refractivity contribution < 1.29 is 8.42 Å². The van der Waals surface area contributed by atoms with Crippen LogP contribution in [0.5, 0.6) is 0 Å². The highest BCUT2D eigenvalue weighted by Gasteiger charge is 2.17. The van der Waals surface area contributed by atoms with Crippen LogP contribution in [0.1, 0.15) is 0 Å². The molecule has 0 aliphatic rings. The summed E-state index contributed by atoms with van der Waals surface area (Å²) in [6.07, 6.45) is 4.20. The van der Waals surface area contributed by atoms with Crippen LogP contribution in [0.3, 0.4) is 0 Å². The predicted molar refractivity (Wildman–Crippen MR) is 69.3 cm³/mol. The Kier molecular flexibility index (Phi) is 2.61. The fraction of sp³-hybridized carbons (Fsp3) is 0.100. The number of hydrogen-bond donors (Lipinski definition) is 1. The molecular formula is C10H9N7O2S. The van der Waals surface area contributed by atoms with Gasteiger partial charge in [0.15, 0.2) is 5.82 Å². The molecule has 0 saturated carbocycles. The first-order valence-electron chi connectivity index (χ1n) is 5.46. The maximum Gasteiger partial charge on any atom is 0.258 e. The molecule has 0 aliphatic carbocycles. The van der Waals surface area contributed by atoms with E-state index in [0.29, 0.717) is 11.4 Å². The fourth-order valence-corrected chi connectivity index (χ4v) is 2.08. The van der Waals surface area contributed by atoms with Gasteiger partial charge >= 0.3 is 0 Å². The van der Waals surface area contributed by atoms with E-state index in [0.717, 1.165) is 6.26 Å². The van der Waals surface area contributed by atoms with Crippen LogP contribution in [0.15, 0.2) is 29.7 Å². The molecule has 0 amide bonds. The fourth-order valence-electron chi connectivity index (χ4n) is 1.57. The molecule has 0 aliphatic heterocycles. The highest BCUT2D eigenvalue weighted by atomic mass is 32.2. The summed E-state index contributed by atoms with van der Waals surface area (Å²) in [6.45, 7) is 0. The van der Waals surface area contributed by atoms with Crippen LogP contribution >= 0.6 is 0 Å². The van der Waals surface area contributed by atoms with Crippen molar-refractivity contribution in [2.24, 2.45) is 0 Å². The molecule has 0 fully saturated rings. The molecular weight excluding hydrogens is 282 g/mol. The van der Waals surface area contributed by atoms with Gasteiger partial charge in [-0.1, -0.05) is 0 Å². The van der Waals surface area contributed by atoms with E-state index in [2.05, 4.69) is 25.0 Å². The summed E-state index contributed by atoms with van der Waals surface area (Å²) in [4.78, 5) is 15.6. The topological polar surface area (TPSA) is 129 Å². The molecule has 0 spiro atoms. The van der Waals surface area contributed by atoms with Gasteiger partial charge in [-0.25, -0.2) is 8.42 Å². The van der Waals surface area contributed by atoms with Crippen LogP contribution in [0.25, 0.3) is 17.2 Å². The van der Waals surface area contributed by atoms with Gasteiger partial charge in [-0.15, -0.1) is 5.10 Å². The largest absolute Gasteiger partial charge is 0.368 e. The van der Waals surface area contributed by atoms with Gasteiger partial charge in [0.2, 0.25) is 15.8 Å². The molecule has 9 nitrogen and oxygen atoms in total. The molecule has 3 heterocycles. The summed E-state index contributed by atoms with van der Waals surface area (Å²) < 4.78 is 24.1. The van der Waals surface area contributed by atoms with Crippen LogP contribution in [0, 0.1) is 0 Å². The Morgan fingerprint density at radius 1 is 1.25 bits per heavy atom. The Hall–Kier alpha value is -2.62. The van der Waals surface area contributed by atoms with E-state index in [4.69, 9.17) is 5.73 Å². The zero-order chi connectivity index (χ0) is 14.3. The monoisotopic (exact) mass is 291 g/mol. The molecule has 102 valence electrons. The van der Waals surface area contributed by atoms with Gasteiger partial charge in [-0.05, 0) is 12.1 Å². The molecule has 0 unspecified atom stereocenters. The second kappa shape index (κ2) is 4.20. The van der Waals surface area contributed by atoms with E-state index in [-0.39, 0.29) is 16.9 Å². The summed E-state index contributed by atoms with van der Waals surface area (Å²) in [5.74, 6) is 0.305. The number of fused-ring (bicyclic) bond motifs is 1. The molecule has 0 radical (unpaired) electrons. The molecule has 3 aromatic rings. The summed E-state index contributed by atoms with van der Waals surface area (Å²) in [5.41, 5.74) is 6.34. The molecule has 0 saturated heterocycles. The lowest BCUT2D eigenvalue weighted by Gasteiger charge is -1.99. The molecule has 0 aromatic carbocycles. The van der Waals surface area contributed by atoms with Gasteiger partial charge in [-0.2, -0.15) is 19.5 Å². The van der Waals surface area contributed by atoms with Gasteiger partial charge in [0.25, 0.3) is 10.9 Å². The van der Waals surface area contributed by atoms with Crippen molar-refractivity contribution in [3.63, 3.8) is 0 Å². The molecule has 20 heavy (non-hydrogen) atoms.